The molecule has 0 aromatic heterocycles. The third-order valence-electron chi connectivity index (χ3n) is 2.71. The van der Waals surface area contributed by atoms with E-state index < -0.39 is 0 Å². The Labute approximate surface area is 135 Å². The van der Waals surface area contributed by atoms with Crippen LogP contribution in [-0.4, -0.2) is 35.1 Å². The van der Waals surface area contributed by atoms with E-state index in [1.54, 1.807) is 12.1 Å². The predicted octanol–water partition coefficient (Wildman–Crippen LogP) is 5.03. The van der Waals surface area contributed by atoms with Crippen LogP contribution in [0.5, 0.6) is 0 Å². The van der Waals surface area contributed by atoms with Gasteiger partial charge in [-0.1, -0.05) is 29.8 Å². The molecule has 0 heterocycles. The van der Waals surface area contributed by atoms with Crippen molar-refractivity contribution in [1.82, 2.24) is 8.61 Å². The highest BCUT2D eigenvalue weighted by molar-refractivity contribution is 9.10. The average Bonchev–Trinajstić information content (AvgIpc) is 2.38. The third kappa shape index (κ3) is 6.29. The SMILES string of the molecule is CCCN(CCC)SN(C)C=Nc1ccc(Br)cc1C. The Kier molecular flexibility index (Phi) is 8.26. The number of benzene rings is 1. The van der Waals surface area contributed by atoms with E-state index in [-0.39, 0.29) is 0 Å². The number of halogens is 1. The van der Waals surface area contributed by atoms with Gasteiger partial charge in [-0.15, -0.1) is 0 Å². The largest absolute Gasteiger partial charge is 0.297 e. The molecule has 5 heteroatoms. The van der Waals surface area contributed by atoms with Gasteiger partial charge in [0.25, 0.3) is 0 Å². The van der Waals surface area contributed by atoms with Crippen molar-refractivity contribution in [2.45, 2.75) is 33.6 Å². The minimum atomic E-state index is 1.01. The van der Waals surface area contributed by atoms with Crippen LogP contribution in [0.25, 0.3) is 0 Å². The van der Waals surface area contributed by atoms with Crippen molar-refractivity contribution in [1.29, 1.82) is 0 Å². The van der Waals surface area contributed by atoms with Crippen LogP contribution in [0.2, 0.25) is 0 Å². The molecule has 20 heavy (non-hydrogen) atoms. The Morgan fingerprint density at radius 1 is 1.25 bits per heavy atom. The minimum absolute atomic E-state index is 1.01. The molecule has 0 amide bonds. The Bertz CT molecular complexity index is 431. The first-order valence-electron chi connectivity index (χ1n) is 7.03. The van der Waals surface area contributed by atoms with Gasteiger partial charge in [-0.2, -0.15) is 0 Å². The molecular weight excluding hydrogens is 334 g/mol. The maximum absolute atomic E-state index is 4.55. The summed E-state index contributed by atoms with van der Waals surface area (Å²) in [7, 11) is 2.04. The van der Waals surface area contributed by atoms with Crippen molar-refractivity contribution in [3.05, 3.63) is 28.2 Å². The lowest BCUT2D eigenvalue weighted by Crippen LogP contribution is -2.23. The minimum Gasteiger partial charge on any atom is -0.297 e. The molecule has 0 saturated carbocycles. The molecule has 1 aromatic carbocycles. The van der Waals surface area contributed by atoms with E-state index in [9.17, 15) is 0 Å². The van der Waals surface area contributed by atoms with Crippen LogP contribution in [0, 0.1) is 6.92 Å². The highest BCUT2D eigenvalue weighted by Gasteiger charge is 2.05. The lowest BCUT2D eigenvalue weighted by molar-refractivity contribution is 0.457. The van der Waals surface area contributed by atoms with E-state index in [4.69, 9.17) is 0 Å². The van der Waals surface area contributed by atoms with Crippen LogP contribution in [-0.2, 0) is 0 Å². The molecule has 0 radical (unpaired) electrons. The molecule has 0 saturated heterocycles. The topological polar surface area (TPSA) is 18.8 Å². The molecule has 1 aromatic rings. The molecule has 0 unspecified atom stereocenters. The zero-order valence-corrected chi connectivity index (χ0v) is 15.2. The summed E-state index contributed by atoms with van der Waals surface area (Å²) < 4.78 is 5.53. The second kappa shape index (κ2) is 9.42. The van der Waals surface area contributed by atoms with E-state index in [1.165, 1.54) is 18.4 Å². The normalized spacial score (nSPS) is 11.5. The zero-order chi connectivity index (χ0) is 15.0. The first-order chi connectivity index (χ1) is 9.56. The smallest absolute Gasteiger partial charge is 0.102 e. The summed E-state index contributed by atoms with van der Waals surface area (Å²) in [4.78, 5) is 4.55. The van der Waals surface area contributed by atoms with Gasteiger partial charge in [0.2, 0.25) is 0 Å². The van der Waals surface area contributed by atoms with Gasteiger partial charge in [-0.25, -0.2) is 9.30 Å². The van der Waals surface area contributed by atoms with Crippen LogP contribution < -0.4 is 0 Å². The number of aliphatic imine (C=N–C) groups is 1. The summed E-state index contributed by atoms with van der Waals surface area (Å²) in [5, 5.41) is 0. The summed E-state index contributed by atoms with van der Waals surface area (Å²) in [6.45, 7) is 8.71. The molecule has 0 atom stereocenters. The maximum Gasteiger partial charge on any atom is 0.102 e. The van der Waals surface area contributed by atoms with Gasteiger partial charge < -0.3 is 0 Å². The molecular formula is C15H24BrN3S. The van der Waals surface area contributed by atoms with E-state index in [2.05, 4.69) is 56.4 Å². The van der Waals surface area contributed by atoms with E-state index >= 15 is 0 Å². The van der Waals surface area contributed by atoms with Gasteiger partial charge in [0.05, 0.1) is 5.69 Å². The van der Waals surface area contributed by atoms with E-state index in [0.29, 0.717) is 0 Å². The quantitative estimate of drug-likeness (QED) is 0.369. The Balaban J connectivity index is 2.59. The fourth-order valence-electron chi connectivity index (χ4n) is 1.80. The van der Waals surface area contributed by atoms with Crippen molar-refractivity contribution < 1.29 is 0 Å². The Morgan fingerprint density at radius 3 is 2.45 bits per heavy atom. The fourth-order valence-corrected chi connectivity index (χ4v) is 3.26. The zero-order valence-electron chi connectivity index (χ0n) is 12.8. The van der Waals surface area contributed by atoms with Crippen LogP contribution in [0.15, 0.2) is 27.7 Å². The van der Waals surface area contributed by atoms with Gasteiger partial charge in [0.1, 0.15) is 6.34 Å². The molecule has 112 valence electrons. The summed E-state index contributed by atoms with van der Waals surface area (Å²) in [5.41, 5.74) is 2.19. The lowest BCUT2D eigenvalue weighted by atomic mass is 10.2. The van der Waals surface area contributed by atoms with Crippen molar-refractivity contribution in [2.75, 3.05) is 20.1 Å². The summed E-state index contributed by atoms with van der Waals surface area (Å²) in [6.07, 6.45) is 4.23. The lowest BCUT2D eigenvalue weighted by Gasteiger charge is -2.23. The summed E-state index contributed by atoms with van der Waals surface area (Å²) in [6, 6.07) is 6.14. The number of aryl methyl sites for hydroxylation is 1. The van der Waals surface area contributed by atoms with E-state index in [0.717, 1.165) is 23.2 Å². The second-order valence-corrected chi connectivity index (χ2v) is 6.90. The summed E-state index contributed by atoms with van der Waals surface area (Å²) >= 11 is 5.20. The van der Waals surface area contributed by atoms with Gasteiger partial charge in [0, 0.05) is 36.7 Å². The maximum atomic E-state index is 4.55. The monoisotopic (exact) mass is 357 g/mol. The molecule has 0 spiro atoms. The predicted molar refractivity (Wildman–Crippen MR) is 94.5 cm³/mol. The highest BCUT2D eigenvalue weighted by Crippen LogP contribution is 2.23. The van der Waals surface area contributed by atoms with Crippen LogP contribution >= 0.6 is 28.1 Å². The molecule has 1 rings (SSSR count). The molecule has 0 bridgehead atoms. The van der Waals surface area contributed by atoms with Crippen molar-refractivity contribution in [3.8, 4) is 0 Å². The highest BCUT2D eigenvalue weighted by atomic mass is 79.9. The molecule has 3 nitrogen and oxygen atoms in total. The Morgan fingerprint density at radius 2 is 1.90 bits per heavy atom. The fraction of sp³-hybridized carbons (Fsp3) is 0.533. The Hall–Kier alpha value is -0.520. The first-order valence-corrected chi connectivity index (χ1v) is 8.55. The van der Waals surface area contributed by atoms with Gasteiger partial charge >= 0.3 is 0 Å². The van der Waals surface area contributed by atoms with Gasteiger partial charge in [-0.3, -0.25) is 4.31 Å². The number of hydrogen-bond acceptors (Lipinski definition) is 3. The second-order valence-electron chi connectivity index (χ2n) is 4.73. The van der Waals surface area contributed by atoms with Gasteiger partial charge in [0.15, 0.2) is 0 Å². The van der Waals surface area contributed by atoms with Crippen molar-refractivity contribution >= 4 is 40.1 Å². The van der Waals surface area contributed by atoms with Crippen molar-refractivity contribution in [3.63, 3.8) is 0 Å². The average molecular weight is 358 g/mol. The number of nitrogens with zero attached hydrogens (tertiary/aromatic N) is 3. The van der Waals surface area contributed by atoms with Crippen molar-refractivity contribution in [2.24, 2.45) is 4.99 Å². The summed E-state index contributed by atoms with van der Waals surface area (Å²) in [5.74, 6) is 0. The molecule has 0 aliphatic carbocycles. The van der Waals surface area contributed by atoms with Crippen LogP contribution in [0.3, 0.4) is 0 Å². The van der Waals surface area contributed by atoms with E-state index in [1.807, 2.05) is 25.5 Å². The standard InChI is InChI=1S/C15H24BrN3S/c1-5-9-19(10-6-2)20-18(4)12-17-15-8-7-14(16)11-13(15)3/h7-8,11-12H,5-6,9-10H2,1-4H3. The number of hydrogen-bond donors (Lipinski definition) is 0. The molecule has 0 aliphatic heterocycles. The van der Waals surface area contributed by atoms with Gasteiger partial charge in [-0.05, 0) is 43.5 Å². The third-order valence-corrected chi connectivity index (χ3v) is 4.15. The molecule has 0 fully saturated rings. The first kappa shape index (κ1) is 17.5. The van der Waals surface area contributed by atoms with Crippen LogP contribution in [0.4, 0.5) is 5.69 Å². The van der Waals surface area contributed by atoms with Crippen LogP contribution in [0.1, 0.15) is 32.3 Å². The molecule has 0 N–H and O–H groups in total. The number of rotatable bonds is 8. The molecule has 0 aliphatic rings.